The summed E-state index contributed by atoms with van der Waals surface area (Å²) in [4.78, 5) is 29.6. The Morgan fingerprint density at radius 2 is 1.90 bits per heavy atom. The molecule has 0 amide bonds. The number of ether oxygens (including phenoxy) is 1. The first-order valence-electron chi connectivity index (χ1n) is 10.0. The first-order chi connectivity index (χ1) is 14.2. The number of benzene rings is 1. The van der Waals surface area contributed by atoms with Gasteiger partial charge in [-0.25, -0.2) is 4.79 Å². The first kappa shape index (κ1) is 21.6. The topological polar surface area (TPSA) is 103 Å². The molecule has 0 radical (unpaired) electrons. The van der Waals surface area contributed by atoms with E-state index in [0.29, 0.717) is 11.7 Å². The molecule has 2 unspecified atom stereocenters. The molecule has 0 fully saturated rings. The molecule has 30 heavy (non-hydrogen) atoms. The van der Waals surface area contributed by atoms with E-state index < -0.39 is 17.4 Å². The van der Waals surface area contributed by atoms with Crippen LogP contribution in [-0.2, 0) is 20.6 Å². The van der Waals surface area contributed by atoms with Gasteiger partial charge in [0.25, 0.3) is 5.56 Å². The molecule has 0 saturated heterocycles. The van der Waals surface area contributed by atoms with Crippen LogP contribution < -0.4 is 21.3 Å². The van der Waals surface area contributed by atoms with E-state index >= 15 is 0 Å². The van der Waals surface area contributed by atoms with Crippen LogP contribution in [0.15, 0.2) is 33.9 Å². The number of anilines is 1. The Bertz CT molecular complexity index is 1160. The van der Waals surface area contributed by atoms with E-state index in [1.807, 2.05) is 45.0 Å². The maximum atomic E-state index is 12.8. The summed E-state index contributed by atoms with van der Waals surface area (Å²) >= 11 is 0. The van der Waals surface area contributed by atoms with Crippen LogP contribution in [0.5, 0.6) is 5.75 Å². The third-order valence-electron chi connectivity index (χ3n) is 5.25. The molecule has 0 aliphatic rings. The van der Waals surface area contributed by atoms with E-state index in [-0.39, 0.29) is 30.4 Å². The predicted octanol–water partition coefficient (Wildman–Crippen LogP) is 1.39. The standard InChI is InChI=1S/C21H29N5O4/c1-6-14(3)22-20-23-18-17(19(28)25(5)21(29)24(18)4)26(20)11-15(27)12-30-16-10-8-7-9-13(16)2/h7-10,14-15,27H,6,11-12H2,1-5H3,(H,22,23). The highest BCUT2D eigenvalue weighted by molar-refractivity contribution is 5.74. The Labute approximate surface area is 174 Å². The Morgan fingerprint density at radius 1 is 1.20 bits per heavy atom. The Morgan fingerprint density at radius 3 is 2.57 bits per heavy atom. The molecular formula is C21H29N5O4. The Kier molecular flexibility index (Phi) is 6.31. The first-order valence-corrected chi connectivity index (χ1v) is 10.0. The number of imidazole rings is 1. The molecule has 0 saturated carbocycles. The quantitative estimate of drug-likeness (QED) is 0.576. The van der Waals surface area contributed by atoms with E-state index in [9.17, 15) is 14.7 Å². The molecule has 162 valence electrons. The van der Waals surface area contributed by atoms with Gasteiger partial charge in [0.1, 0.15) is 18.5 Å². The second-order valence-corrected chi connectivity index (χ2v) is 7.61. The second kappa shape index (κ2) is 8.74. The molecule has 2 N–H and O–H groups in total. The monoisotopic (exact) mass is 415 g/mol. The van der Waals surface area contributed by atoms with Crippen LogP contribution in [0.2, 0.25) is 0 Å². The number of hydrogen-bond acceptors (Lipinski definition) is 6. The zero-order chi connectivity index (χ0) is 22.0. The van der Waals surface area contributed by atoms with Crippen molar-refractivity contribution in [1.29, 1.82) is 0 Å². The molecule has 0 spiro atoms. The molecule has 0 aliphatic carbocycles. The van der Waals surface area contributed by atoms with Gasteiger partial charge >= 0.3 is 5.69 Å². The van der Waals surface area contributed by atoms with Gasteiger partial charge in [-0.15, -0.1) is 0 Å². The molecule has 3 aromatic rings. The zero-order valence-electron chi connectivity index (χ0n) is 18.0. The molecule has 2 atom stereocenters. The number of nitrogens with zero attached hydrogens (tertiary/aromatic N) is 4. The van der Waals surface area contributed by atoms with E-state index in [1.54, 1.807) is 11.6 Å². The van der Waals surface area contributed by atoms with Gasteiger partial charge in [0, 0.05) is 20.1 Å². The lowest BCUT2D eigenvalue weighted by Crippen LogP contribution is -2.38. The van der Waals surface area contributed by atoms with Gasteiger partial charge in [0.05, 0.1) is 6.54 Å². The number of nitrogens with one attached hydrogen (secondary N) is 1. The Hall–Kier alpha value is -3.07. The van der Waals surface area contributed by atoms with Crippen LogP contribution in [0.3, 0.4) is 0 Å². The predicted molar refractivity (Wildman–Crippen MR) is 116 cm³/mol. The van der Waals surface area contributed by atoms with Crippen molar-refractivity contribution in [3.8, 4) is 5.75 Å². The molecular weight excluding hydrogens is 386 g/mol. The number of rotatable bonds is 8. The highest BCUT2D eigenvalue weighted by atomic mass is 16.5. The average molecular weight is 415 g/mol. The van der Waals surface area contributed by atoms with Gasteiger partial charge in [0.15, 0.2) is 11.2 Å². The van der Waals surface area contributed by atoms with Crippen molar-refractivity contribution in [1.82, 2.24) is 18.7 Å². The summed E-state index contributed by atoms with van der Waals surface area (Å²) in [7, 11) is 3.01. The van der Waals surface area contributed by atoms with Crippen molar-refractivity contribution in [2.24, 2.45) is 14.1 Å². The Balaban J connectivity index is 1.98. The van der Waals surface area contributed by atoms with E-state index in [2.05, 4.69) is 10.3 Å². The summed E-state index contributed by atoms with van der Waals surface area (Å²) < 4.78 is 9.77. The SMILES string of the molecule is CCC(C)Nc1nc2c(c(=O)n(C)c(=O)n2C)n1CC(O)COc1ccccc1C. The summed E-state index contributed by atoms with van der Waals surface area (Å²) in [5, 5.41) is 13.9. The summed E-state index contributed by atoms with van der Waals surface area (Å²) in [6.07, 6.45) is -0.0412. The minimum absolute atomic E-state index is 0.0549. The molecule has 2 heterocycles. The lowest BCUT2D eigenvalue weighted by Gasteiger charge is -2.18. The second-order valence-electron chi connectivity index (χ2n) is 7.61. The third kappa shape index (κ3) is 4.11. The number of aryl methyl sites for hydroxylation is 2. The van der Waals surface area contributed by atoms with Crippen LogP contribution in [0, 0.1) is 6.92 Å². The highest BCUT2D eigenvalue weighted by Gasteiger charge is 2.22. The molecule has 2 aromatic heterocycles. The number of aliphatic hydroxyl groups excluding tert-OH is 1. The lowest BCUT2D eigenvalue weighted by atomic mass is 10.2. The number of aliphatic hydroxyl groups is 1. The van der Waals surface area contributed by atoms with Gasteiger partial charge in [-0.3, -0.25) is 13.9 Å². The van der Waals surface area contributed by atoms with Crippen molar-refractivity contribution >= 4 is 17.1 Å². The number of para-hydroxylation sites is 1. The molecule has 9 nitrogen and oxygen atoms in total. The fourth-order valence-corrected chi connectivity index (χ4v) is 3.22. The normalized spacial score (nSPS) is 13.4. The number of aromatic nitrogens is 4. The van der Waals surface area contributed by atoms with E-state index in [1.165, 1.54) is 11.6 Å². The summed E-state index contributed by atoms with van der Waals surface area (Å²) in [5.74, 6) is 1.14. The minimum Gasteiger partial charge on any atom is -0.491 e. The van der Waals surface area contributed by atoms with Crippen molar-refractivity contribution in [3.05, 3.63) is 50.7 Å². The molecule has 1 aromatic carbocycles. The van der Waals surface area contributed by atoms with Crippen LogP contribution >= 0.6 is 0 Å². The summed E-state index contributed by atoms with van der Waals surface area (Å²) in [5.41, 5.74) is 0.613. The van der Waals surface area contributed by atoms with Crippen LogP contribution in [0.1, 0.15) is 25.8 Å². The van der Waals surface area contributed by atoms with E-state index in [0.717, 1.165) is 16.6 Å². The minimum atomic E-state index is -0.888. The largest absolute Gasteiger partial charge is 0.491 e. The van der Waals surface area contributed by atoms with Crippen molar-refractivity contribution in [3.63, 3.8) is 0 Å². The van der Waals surface area contributed by atoms with Gasteiger partial charge in [-0.05, 0) is 31.9 Å². The number of hydrogen-bond donors (Lipinski definition) is 2. The average Bonchev–Trinajstić information content (AvgIpc) is 3.07. The molecule has 0 aliphatic heterocycles. The maximum Gasteiger partial charge on any atom is 0.332 e. The highest BCUT2D eigenvalue weighted by Crippen LogP contribution is 2.19. The van der Waals surface area contributed by atoms with Crippen LogP contribution in [-0.4, -0.2) is 42.5 Å². The summed E-state index contributed by atoms with van der Waals surface area (Å²) in [6, 6.07) is 7.67. The molecule has 0 bridgehead atoms. The van der Waals surface area contributed by atoms with Gasteiger partial charge in [-0.2, -0.15) is 4.98 Å². The van der Waals surface area contributed by atoms with E-state index in [4.69, 9.17) is 4.74 Å². The van der Waals surface area contributed by atoms with Crippen molar-refractivity contribution in [2.75, 3.05) is 11.9 Å². The molecule has 3 rings (SSSR count). The summed E-state index contributed by atoms with van der Waals surface area (Å²) in [6.45, 7) is 6.11. The van der Waals surface area contributed by atoms with Crippen molar-refractivity contribution in [2.45, 2.75) is 45.9 Å². The fraction of sp³-hybridized carbons (Fsp3) is 0.476. The smallest absolute Gasteiger partial charge is 0.332 e. The zero-order valence-corrected chi connectivity index (χ0v) is 18.0. The van der Waals surface area contributed by atoms with Crippen molar-refractivity contribution < 1.29 is 9.84 Å². The van der Waals surface area contributed by atoms with Crippen LogP contribution in [0.4, 0.5) is 5.95 Å². The van der Waals surface area contributed by atoms with Gasteiger partial charge < -0.3 is 19.7 Å². The fourth-order valence-electron chi connectivity index (χ4n) is 3.22. The van der Waals surface area contributed by atoms with Gasteiger partial charge in [-0.1, -0.05) is 25.1 Å². The third-order valence-corrected chi connectivity index (χ3v) is 5.25. The number of fused-ring (bicyclic) bond motifs is 1. The molecule has 9 heteroatoms. The van der Waals surface area contributed by atoms with Crippen LogP contribution in [0.25, 0.3) is 11.2 Å². The maximum absolute atomic E-state index is 12.8. The lowest BCUT2D eigenvalue weighted by molar-refractivity contribution is 0.0934. The van der Waals surface area contributed by atoms with Gasteiger partial charge in [0.2, 0.25) is 5.95 Å².